The zero-order valence-corrected chi connectivity index (χ0v) is 14.3. The minimum Gasteiger partial charge on any atom is -0.352 e. The highest BCUT2D eigenvalue weighted by Crippen LogP contribution is 2.19. The van der Waals surface area contributed by atoms with Gasteiger partial charge in [0.1, 0.15) is 5.82 Å². The number of hydrogen-bond donors (Lipinski definition) is 1. The fraction of sp³-hybridized carbons (Fsp3) is 0.294. The summed E-state index contributed by atoms with van der Waals surface area (Å²) >= 11 is 3.42. The standard InChI is InChI=1S/C17H20BrN3O/c1-12(2)17(22)19-10-6-9-16-20-14-7-4-5-8-15(14)21(16)11-13(3)18/h4-5,7-8H,1,3,6,9-11H2,2H3,(H,19,22). The molecule has 1 heterocycles. The molecule has 0 fully saturated rings. The second-order valence-electron chi connectivity index (χ2n) is 5.26. The van der Waals surface area contributed by atoms with Gasteiger partial charge in [0.2, 0.25) is 5.91 Å². The van der Waals surface area contributed by atoms with Crippen LogP contribution in [-0.4, -0.2) is 22.0 Å². The Bertz CT molecular complexity index is 718. The molecule has 0 aliphatic heterocycles. The number of halogens is 1. The molecule has 0 atom stereocenters. The Kier molecular flexibility index (Phi) is 5.55. The molecule has 1 N–H and O–H groups in total. The van der Waals surface area contributed by atoms with Crippen LogP contribution in [0.25, 0.3) is 11.0 Å². The molecule has 5 heteroatoms. The zero-order valence-electron chi connectivity index (χ0n) is 12.7. The molecule has 116 valence electrons. The van der Waals surface area contributed by atoms with E-state index >= 15 is 0 Å². The summed E-state index contributed by atoms with van der Waals surface area (Å²) in [5.41, 5.74) is 2.61. The minimum absolute atomic E-state index is 0.0951. The van der Waals surface area contributed by atoms with E-state index in [0.29, 0.717) is 18.7 Å². The van der Waals surface area contributed by atoms with Gasteiger partial charge >= 0.3 is 0 Å². The number of hydrogen-bond acceptors (Lipinski definition) is 2. The fourth-order valence-corrected chi connectivity index (χ4v) is 2.51. The zero-order chi connectivity index (χ0) is 16.1. The molecule has 0 saturated carbocycles. The molecule has 0 aliphatic carbocycles. The Morgan fingerprint density at radius 2 is 2.09 bits per heavy atom. The number of aryl methyl sites for hydroxylation is 1. The topological polar surface area (TPSA) is 46.9 Å². The van der Waals surface area contributed by atoms with Crippen molar-refractivity contribution in [2.24, 2.45) is 0 Å². The van der Waals surface area contributed by atoms with E-state index in [9.17, 15) is 4.79 Å². The lowest BCUT2D eigenvalue weighted by Gasteiger charge is -2.09. The number of imidazole rings is 1. The van der Waals surface area contributed by atoms with Crippen molar-refractivity contribution in [3.05, 3.63) is 53.3 Å². The van der Waals surface area contributed by atoms with Crippen LogP contribution in [0.5, 0.6) is 0 Å². The molecule has 1 aromatic heterocycles. The van der Waals surface area contributed by atoms with Gasteiger partial charge in [0.15, 0.2) is 0 Å². The molecule has 1 aromatic carbocycles. The predicted molar refractivity (Wildman–Crippen MR) is 93.9 cm³/mol. The number of fused-ring (bicyclic) bond motifs is 1. The van der Waals surface area contributed by atoms with E-state index in [1.165, 1.54) is 0 Å². The van der Waals surface area contributed by atoms with E-state index in [-0.39, 0.29) is 5.91 Å². The summed E-state index contributed by atoms with van der Waals surface area (Å²) in [4.78, 5) is 16.1. The van der Waals surface area contributed by atoms with Gasteiger partial charge in [-0.25, -0.2) is 4.98 Å². The maximum Gasteiger partial charge on any atom is 0.246 e. The number of benzene rings is 1. The second-order valence-corrected chi connectivity index (χ2v) is 6.38. The summed E-state index contributed by atoms with van der Waals surface area (Å²) in [5.74, 6) is 0.911. The Morgan fingerprint density at radius 1 is 1.36 bits per heavy atom. The van der Waals surface area contributed by atoms with Gasteiger partial charge in [-0.05, 0) is 25.5 Å². The molecule has 0 saturated heterocycles. The lowest BCUT2D eigenvalue weighted by molar-refractivity contribution is -0.117. The molecule has 22 heavy (non-hydrogen) atoms. The summed E-state index contributed by atoms with van der Waals surface area (Å²) in [6, 6.07) is 8.06. The smallest absolute Gasteiger partial charge is 0.246 e. The van der Waals surface area contributed by atoms with E-state index in [1.54, 1.807) is 6.92 Å². The number of aromatic nitrogens is 2. The first kappa shape index (κ1) is 16.5. The van der Waals surface area contributed by atoms with Crippen LogP contribution in [-0.2, 0) is 17.8 Å². The summed E-state index contributed by atoms with van der Waals surface area (Å²) in [5, 5.41) is 2.84. The number of carbonyl (C=O) groups is 1. The lowest BCUT2D eigenvalue weighted by atomic mass is 10.2. The van der Waals surface area contributed by atoms with E-state index < -0.39 is 0 Å². The van der Waals surface area contributed by atoms with E-state index in [2.05, 4.69) is 50.0 Å². The number of nitrogens with zero attached hydrogens (tertiary/aromatic N) is 2. The lowest BCUT2D eigenvalue weighted by Crippen LogP contribution is -2.25. The summed E-state index contributed by atoms with van der Waals surface area (Å²) < 4.78 is 3.07. The summed E-state index contributed by atoms with van der Waals surface area (Å²) in [6.07, 6.45) is 1.63. The number of rotatable bonds is 7. The molecule has 0 radical (unpaired) electrons. The molecule has 0 spiro atoms. The third kappa shape index (κ3) is 4.07. The van der Waals surface area contributed by atoms with Gasteiger partial charge in [-0.15, -0.1) is 0 Å². The van der Waals surface area contributed by atoms with Crippen LogP contribution in [0.2, 0.25) is 0 Å². The molecule has 1 amide bonds. The Labute approximate surface area is 139 Å². The van der Waals surface area contributed by atoms with Crippen LogP contribution in [0.15, 0.2) is 47.5 Å². The van der Waals surface area contributed by atoms with Crippen LogP contribution in [0, 0.1) is 0 Å². The first-order valence-corrected chi connectivity index (χ1v) is 7.99. The highest BCUT2D eigenvalue weighted by atomic mass is 79.9. The van der Waals surface area contributed by atoms with Gasteiger partial charge in [0, 0.05) is 23.0 Å². The molecule has 2 rings (SSSR count). The Hall–Kier alpha value is -1.88. The van der Waals surface area contributed by atoms with Crippen LogP contribution in [0.3, 0.4) is 0 Å². The average molecular weight is 362 g/mol. The largest absolute Gasteiger partial charge is 0.352 e. The van der Waals surface area contributed by atoms with Gasteiger partial charge in [-0.1, -0.05) is 41.2 Å². The van der Waals surface area contributed by atoms with Crippen molar-refractivity contribution in [1.82, 2.24) is 14.9 Å². The number of para-hydroxylation sites is 2. The van der Waals surface area contributed by atoms with Crippen molar-refractivity contribution < 1.29 is 4.79 Å². The Morgan fingerprint density at radius 3 is 2.77 bits per heavy atom. The van der Waals surface area contributed by atoms with Crippen molar-refractivity contribution in [2.75, 3.05) is 6.54 Å². The van der Waals surface area contributed by atoms with Crippen molar-refractivity contribution in [1.29, 1.82) is 0 Å². The van der Waals surface area contributed by atoms with Crippen LogP contribution in [0.1, 0.15) is 19.2 Å². The SMILES string of the molecule is C=C(Br)Cn1c(CCCNC(=O)C(=C)C)nc2ccccc21. The van der Waals surface area contributed by atoms with E-state index in [1.807, 2.05) is 18.2 Å². The molecule has 0 bridgehead atoms. The normalized spacial score (nSPS) is 10.6. The summed E-state index contributed by atoms with van der Waals surface area (Å²) in [7, 11) is 0. The number of amides is 1. The minimum atomic E-state index is -0.0951. The highest BCUT2D eigenvalue weighted by Gasteiger charge is 2.10. The molecular weight excluding hydrogens is 342 g/mol. The van der Waals surface area contributed by atoms with Crippen LogP contribution < -0.4 is 5.32 Å². The van der Waals surface area contributed by atoms with Gasteiger partial charge in [-0.2, -0.15) is 0 Å². The monoisotopic (exact) mass is 361 g/mol. The van der Waals surface area contributed by atoms with Gasteiger partial charge in [0.25, 0.3) is 0 Å². The first-order chi connectivity index (χ1) is 10.5. The molecule has 0 aliphatic rings. The van der Waals surface area contributed by atoms with E-state index in [4.69, 9.17) is 0 Å². The average Bonchev–Trinajstić information content (AvgIpc) is 2.81. The Balaban J connectivity index is 2.08. The van der Waals surface area contributed by atoms with Gasteiger partial charge < -0.3 is 9.88 Å². The quantitative estimate of drug-likeness (QED) is 0.605. The van der Waals surface area contributed by atoms with Crippen molar-refractivity contribution in [2.45, 2.75) is 26.3 Å². The molecule has 4 nitrogen and oxygen atoms in total. The maximum atomic E-state index is 11.5. The maximum absolute atomic E-state index is 11.5. The number of allylic oxidation sites excluding steroid dienone is 1. The number of carbonyl (C=O) groups excluding carboxylic acids is 1. The predicted octanol–water partition coefficient (Wildman–Crippen LogP) is 3.57. The molecular formula is C17H20BrN3O. The van der Waals surface area contributed by atoms with E-state index in [0.717, 1.165) is 34.2 Å². The van der Waals surface area contributed by atoms with Gasteiger partial charge in [0.05, 0.1) is 17.6 Å². The third-order valence-corrected chi connectivity index (χ3v) is 3.56. The second kappa shape index (κ2) is 7.40. The van der Waals surface area contributed by atoms with Crippen LogP contribution >= 0.6 is 15.9 Å². The van der Waals surface area contributed by atoms with Gasteiger partial charge in [-0.3, -0.25) is 4.79 Å². The van der Waals surface area contributed by atoms with Crippen molar-refractivity contribution >= 4 is 32.9 Å². The summed E-state index contributed by atoms with van der Waals surface area (Å²) in [6.45, 7) is 10.6. The number of nitrogens with one attached hydrogen (secondary N) is 1. The molecule has 2 aromatic rings. The molecule has 0 unspecified atom stereocenters. The third-order valence-electron chi connectivity index (χ3n) is 3.31. The first-order valence-electron chi connectivity index (χ1n) is 7.20. The van der Waals surface area contributed by atoms with Crippen molar-refractivity contribution in [3.63, 3.8) is 0 Å². The fourth-order valence-electron chi connectivity index (χ4n) is 2.26. The van der Waals surface area contributed by atoms with Crippen LogP contribution in [0.4, 0.5) is 0 Å². The van der Waals surface area contributed by atoms with Crippen molar-refractivity contribution in [3.8, 4) is 0 Å². The highest BCUT2D eigenvalue weighted by molar-refractivity contribution is 9.11.